The molecule has 0 aromatic heterocycles. The summed E-state index contributed by atoms with van der Waals surface area (Å²) in [5, 5.41) is 2.62. The van der Waals surface area contributed by atoms with Gasteiger partial charge in [0.15, 0.2) is 0 Å². The van der Waals surface area contributed by atoms with Crippen LogP contribution in [0.2, 0.25) is 0 Å². The molecule has 124 valence electrons. The number of nitrogens with zero attached hydrogens (tertiary/aromatic N) is 1. The van der Waals surface area contributed by atoms with E-state index in [4.69, 9.17) is 4.74 Å². The Hall–Kier alpha value is -1.89. The van der Waals surface area contributed by atoms with Gasteiger partial charge < -0.3 is 4.74 Å². The minimum absolute atomic E-state index is 0.125. The Balaban J connectivity index is 1.98. The molecular formula is C16H19BrN2O4. The highest BCUT2D eigenvalue weighted by molar-refractivity contribution is 9.09. The topological polar surface area (TPSA) is 75.7 Å². The van der Waals surface area contributed by atoms with E-state index in [1.54, 1.807) is 0 Å². The molecule has 3 amide bonds. The highest BCUT2D eigenvalue weighted by Gasteiger charge is 2.38. The summed E-state index contributed by atoms with van der Waals surface area (Å²) >= 11 is 3.42. The number of hydrogen-bond acceptors (Lipinski definition) is 4. The molecule has 1 heterocycles. The van der Waals surface area contributed by atoms with Crippen molar-refractivity contribution in [3.8, 4) is 0 Å². The van der Waals surface area contributed by atoms with Gasteiger partial charge in [-0.1, -0.05) is 53.2 Å². The van der Waals surface area contributed by atoms with Crippen molar-refractivity contribution in [2.75, 3.05) is 0 Å². The van der Waals surface area contributed by atoms with E-state index in [9.17, 15) is 14.4 Å². The lowest BCUT2D eigenvalue weighted by Gasteiger charge is -2.30. The van der Waals surface area contributed by atoms with Gasteiger partial charge in [0.1, 0.15) is 12.8 Å². The minimum atomic E-state index is -0.745. The Bertz CT molecular complexity index is 563. The lowest BCUT2D eigenvalue weighted by molar-refractivity contribution is -0.141. The summed E-state index contributed by atoms with van der Waals surface area (Å²) in [5.74, 6) is -0.553. The average molecular weight is 383 g/mol. The number of benzene rings is 1. The third-order valence-electron chi connectivity index (χ3n) is 3.58. The van der Waals surface area contributed by atoms with Gasteiger partial charge in [-0.2, -0.15) is 0 Å². The fraction of sp³-hybridized carbons (Fsp3) is 0.438. The Morgan fingerprint density at radius 2 is 1.87 bits per heavy atom. The minimum Gasteiger partial charge on any atom is -0.445 e. The number of likely N-dealkylation sites (tertiary alicyclic amines) is 1. The molecule has 2 atom stereocenters. The molecule has 1 fully saturated rings. The zero-order chi connectivity index (χ0) is 16.8. The second-order valence-electron chi connectivity index (χ2n) is 5.23. The lowest BCUT2D eigenvalue weighted by Crippen LogP contribution is -2.55. The maximum atomic E-state index is 12.0. The van der Waals surface area contributed by atoms with Crippen LogP contribution >= 0.6 is 15.9 Å². The predicted molar refractivity (Wildman–Crippen MR) is 87.6 cm³/mol. The van der Waals surface area contributed by atoms with Gasteiger partial charge in [0.2, 0.25) is 11.8 Å². The van der Waals surface area contributed by atoms with Gasteiger partial charge in [-0.25, -0.2) is 4.79 Å². The van der Waals surface area contributed by atoms with Crippen LogP contribution in [0.1, 0.15) is 31.7 Å². The number of ether oxygens (including phenoxy) is 1. The number of carbonyl (C=O) groups excluding carboxylic acids is 3. The number of hydrogen-bond donors (Lipinski definition) is 1. The molecule has 2 rings (SSSR count). The monoisotopic (exact) mass is 382 g/mol. The zero-order valence-corrected chi connectivity index (χ0v) is 14.4. The third kappa shape index (κ3) is 4.54. The zero-order valence-electron chi connectivity index (χ0n) is 12.8. The van der Waals surface area contributed by atoms with Crippen LogP contribution < -0.4 is 5.32 Å². The van der Waals surface area contributed by atoms with Gasteiger partial charge in [-0.3, -0.25) is 19.8 Å². The van der Waals surface area contributed by atoms with Crippen molar-refractivity contribution in [1.29, 1.82) is 0 Å². The predicted octanol–water partition coefficient (Wildman–Crippen LogP) is 2.56. The van der Waals surface area contributed by atoms with Crippen LogP contribution in [0.15, 0.2) is 30.3 Å². The molecule has 1 aromatic rings. The molecule has 0 saturated carbocycles. The van der Waals surface area contributed by atoms with E-state index >= 15 is 0 Å². The number of alkyl halides is 1. The van der Waals surface area contributed by atoms with Crippen LogP contribution in [0.25, 0.3) is 0 Å². The first kappa shape index (κ1) is 17.5. The maximum Gasteiger partial charge on any atom is 0.409 e. The quantitative estimate of drug-likeness (QED) is 0.605. The summed E-state index contributed by atoms with van der Waals surface area (Å²) < 4.78 is 5.16. The SMILES string of the molecule is CC[C@@H](Br)[C@@H](NC(=O)OCc1ccccc1)N1C(=O)CCC1=O. The van der Waals surface area contributed by atoms with Crippen molar-refractivity contribution in [2.45, 2.75) is 43.8 Å². The molecule has 1 aromatic carbocycles. The summed E-state index contributed by atoms with van der Waals surface area (Å²) in [6.07, 6.45) is -0.408. The first-order valence-corrected chi connectivity index (χ1v) is 8.40. The Morgan fingerprint density at radius 1 is 1.26 bits per heavy atom. The molecule has 1 N–H and O–H groups in total. The second kappa shape index (κ2) is 8.10. The number of nitrogens with one attached hydrogen (secondary N) is 1. The van der Waals surface area contributed by atoms with E-state index < -0.39 is 12.3 Å². The third-order valence-corrected chi connectivity index (χ3v) is 4.73. The normalized spacial score (nSPS) is 17.0. The molecule has 0 aliphatic carbocycles. The van der Waals surface area contributed by atoms with Crippen molar-refractivity contribution in [2.24, 2.45) is 0 Å². The Morgan fingerprint density at radius 3 is 2.43 bits per heavy atom. The van der Waals surface area contributed by atoms with Crippen LogP contribution in [0.4, 0.5) is 4.79 Å². The molecule has 1 aliphatic rings. The summed E-state index contributed by atoms with van der Waals surface area (Å²) in [7, 11) is 0. The lowest BCUT2D eigenvalue weighted by atomic mass is 10.2. The van der Waals surface area contributed by atoms with E-state index in [1.807, 2.05) is 37.3 Å². The highest BCUT2D eigenvalue weighted by Crippen LogP contribution is 2.21. The highest BCUT2D eigenvalue weighted by atomic mass is 79.9. The van der Waals surface area contributed by atoms with E-state index in [2.05, 4.69) is 21.2 Å². The van der Waals surface area contributed by atoms with E-state index in [1.165, 1.54) is 0 Å². The van der Waals surface area contributed by atoms with Crippen LogP contribution in [0, 0.1) is 0 Å². The van der Waals surface area contributed by atoms with Crippen LogP contribution in [-0.2, 0) is 20.9 Å². The molecule has 0 spiro atoms. The molecule has 1 aliphatic heterocycles. The van der Waals surface area contributed by atoms with E-state index in [0.29, 0.717) is 6.42 Å². The molecule has 0 radical (unpaired) electrons. The Kier molecular flexibility index (Phi) is 6.15. The van der Waals surface area contributed by atoms with Gasteiger partial charge >= 0.3 is 6.09 Å². The van der Waals surface area contributed by atoms with Crippen LogP contribution in [0.5, 0.6) is 0 Å². The van der Waals surface area contributed by atoms with Gasteiger partial charge in [-0.15, -0.1) is 0 Å². The van der Waals surface area contributed by atoms with Crippen molar-refractivity contribution >= 4 is 33.8 Å². The summed E-state index contributed by atoms with van der Waals surface area (Å²) in [5.41, 5.74) is 0.860. The summed E-state index contributed by atoms with van der Waals surface area (Å²) in [6, 6.07) is 9.27. The average Bonchev–Trinajstić information content (AvgIpc) is 2.90. The van der Waals surface area contributed by atoms with E-state index in [0.717, 1.165) is 10.5 Å². The molecule has 7 heteroatoms. The summed E-state index contributed by atoms with van der Waals surface area (Å²) in [6.45, 7) is 2.02. The number of carbonyl (C=O) groups is 3. The molecular weight excluding hydrogens is 364 g/mol. The molecule has 23 heavy (non-hydrogen) atoms. The van der Waals surface area contributed by atoms with Crippen molar-refractivity contribution in [3.63, 3.8) is 0 Å². The number of halogens is 1. The van der Waals surface area contributed by atoms with E-state index in [-0.39, 0.29) is 36.1 Å². The van der Waals surface area contributed by atoms with Gasteiger partial charge in [0.05, 0.1) is 4.83 Å². The van der Waals surface area contributed by atoms with Crippen molar-refractivity contribution in [3.05, 3.63) is 35.9 Å². The largest absolute Gasteiger partial charge is 0.445 e. The van der Waals surface area contributed by atoms with Crippen molar-refractivity contribution in [1.82, 2.24) is 10.2 Å². The van der Waals surface area contributed by atoms with Crippen LogP contribution in [0.3, 0.4) is 0 Å². The molecule has 0 bridgehead atoms. The maximum absolute atomic E-state index is 12.0. The number of amides is 3. The fourth-order valence-electron chi connectivity index (χ4n) is 2.33. The first-order valence-electron chi connectivity index (χ1n) is 7.49. The number of rotatable bonds is 6. The molecule has 0 unspecified atom stereocenters. The summed E-state index contributed by atoms with van der Waals surface area (Å²) in [4.78, 5) is 36.7. The Labute approximate surface area is 143 Å². The molecule has 1 saturated heterocycles. The molecule has 6 nitrogen and oxygen atoms in total. The number of imide groups is 1. The van der Waals surface area contributed by atoms with Gasteiger partial charge in [0, 0.05) is 12.8 Å². The fourth-order valence-corrected chi connectivity index (χ4v) is 2.70. The van der Waals surface area contributed by atoms with Gasteiger partial charge in [0.25, 0.3) is 0 Å². The van der Waals surface area contributed by atoms with Gasteiger partial charge in [-0.05, 0) is 12.0 Å². The first-order chi connectivity index (χ1) is 11.0. The standard InChI is InChI=1S/C16H19BrN2O4/c1-2-12(17)15(19-13(20)8-9-14(19)21)18-16(22)23-10-11-6-4-3-5-7-11/h3-7,12,15H,2,8-10H2,1H3,(H,18,22)/t12-,15+/m1/s1. The van der Waals surface area contributed by atoms with Crippen molar-refractivity contribution < 1.29 is 19.1 Å². The smallest absolute Gasteiger partial charge is 0.409 e. The second-order valence-corrected chi connectivity index (χ2v) is 6.41. The number of alkyl carbamates (subject to hydrolysis) is 1. The van der Waals surface area contributed by atoms with Crippen LogP contribution in [-0.4, -0.2) is 33.8 Å².